The number of benzene rings is 3. The molecule has 0 aliphatic rings. The van der Waals surface area contributed by atoms with Gasteiger partial charge in [-0.05, 0) is 36.9 Å². The Morgan fingerprint density at radius 3 is 2.40 bits per heavy atom. The molecule has 0 fully saturated rings. The zero-order valence-electron chi connectivity index (χ0n) is 20.8. The molecule has 35 heavy (non-hydrogen) atoms. The number of nitrogens with zero attached hydrogens (tertiary/aromatic N) is 2. The summed E-state index contributed by atoms with van der Waals surface area (Å²) in [5, 5.41) is 15.1. The zero-order chi connectivity index (χ0) is 25.2. The van der Waals surface area contributed by atoms with Gasteiger partial charge < -0.3 is 16.0 Å². The summed E-state index contributed by atoms with van der Waals surface area (Å²) >= 11 is 0. The minimum atomic E-state index is -0.449. The smallest absolute Gasteiger partial charge is 0.319 e. The van der Waals surface area contributed by atoms with Crippen LogP contribution in [0.15, 0.2) is 66.7 Å². The fourth-order valence-corrected chi connectivity index (χ4v) is 3.91. The first-order valence-electron chi connectivity index (χ1n) is 11.6. The van der Waals surface area contributed by atoms with Crippen molar-refractivity contribution in [3.05, 3.63) is 83.6 Å². The quantitative estimate of drug-likeness (QED) is 0.350. The van der Waals surface area contributed by atoms with E-state index in [1.54, 1.807) is 4.68 Å². The summed E-state index contributed by atoms with van der Waals surface area (Å²) in [6.45, 7) is 10.1. The third kappa shape index (κ3) is 5.51. The molecular weight excluding hydrogens is 438 g/mol. The fraction of sp³-hybridized carbons (Fsp3) is 0.250. The van der Waals surface area contributed by atoms with Gasteiger partial charge in [-0.15, -0.1) is 0 Å². The number of hydrogen-bond donors (Lipinski definition) is 3. The number of fused-ring (bicyclic) bond motifs is 1. The molecule has 0 spiro atoms. The Balaban J connectivity index is 1.47. The summed E-state index contributed by atoms with van der Waals surface area (Å²) in [5.41, 5.74) is 4.44. The van der Waals surface area contributed by atoms with E-state index in [4.69, 9.17) is 5.10 Å². The van der Waals surface area contributed by atoms with Gasteiger partial charge in [0.2, 0.25) is 5.91 Å². The molecule has 3 N–H and O–H groups in total. The molecule has 0 saturated carbocycles. The molecule has 1 heterocycles. The molecule has 0 radical (unpaired) electrons. The number of hydrogen-bond acceptors (Lipinski definition) is 3. The van der Waals surface area contributed by atoms with Gasteiger partial charge in [0, 0.05) is 16.9 Å². The summed E-state index contributed by atoms with van der Waals surface area (Å²) in [6.07, 6.45) is 0. The topological polar surface area (TPSA) is 88.1 Å². The van der Waals surface area contributed by atoms with Crippen molar-refractivity contribution in [2.45, 2.75) is 40.0 Å². The van der Waals surface area contributed by atoms with Crippen LogP contribution in [0.25, 0.3) is 16.5 Å². The van der Waals surface area contributed by atoms with Gasteiger partial charge in [0.1, 0.15) is 5.82 Å². The summed E-state index contributed by atoms with van der Waals surface area (Å²) in [7, 11) is 0. The monoisotopic (exact) mass is 469 g/mol. The van der Waals surface area contributed by atoms with Crippen molar-refractivity contribution in [1.82, 2.24) is 15.1 Å². The van der Waals surface area contributed by atoms with Gasteiger partial charge in [-0.25, -0.2) is 9.48 Å². The molecule has 0 aliphatic heterocycles. The Kier molecular flexibility index (Phi) is 6.60. The number of rotatable bonds is 5. The van der Waals surface area contributed by atoms with E-state index < -0.39 is 6.03 Å². The third-order valence-electron chi connectivity index (χ3n) is 5.77. The first kappa shape index (κ1) is 24.0. The Morgan fingerprint density at radius 1 is 0.914 bits per heavy atom. The van der Waals surface area contributed by atoms with Crippen LogP contribution >= 0.6 is 0 Å². The van der Waals surface area contributed by atoms with Crippen LogP contribution in [0.4, 0.5) is 16.3 Å². The maximum Gasteiger partial charge on any atom is 0.319 e. The molecule has 7 heteroatoms. The molecule has 3 amide bonds. The summed E-state index contributed by atoms with van der Waals surface area (Å²) in [5.74, 6) is 0.215. The lowest BCUT2D eigenvalue weighted by atomic mass is 9.92. The van der Waals surface area contributed by atoms with E-state index in [-0.39, 0.29) is 17.9 Å². The number of anilines is 2. The van der Waals surface area contributed by atoms with Crippen LogP contribution in [0.2, 0.25) is 0 Å². The van der Waals surface area contributed by atoms with E-state index in [0.717, 1.165) is 33.3 Å². The normalized spacial score (nSPS) is 11.3. The molecule has 0 aliphatic carbocycles. The van der Waals surface area contributed by atoms with Gasteiger partial charge >= 0.3 is 6.03 Å². The van der Waals surface area contributed by atoms with E-state index in [2.05, 4.69) is 42.8 Å². The molecule has 0 unspecified atom stereocenters. The zero-order valence-corrected chi connectivity index (χ0v) is 20.8. The van der Waals surface area contributed by atoms with E-state index in [0.29, 0.717) is 11.5 Å². The number of aryl methyl sites for hydroxylation is 2. The number of carbonyl (C=O) groups excluding carboxylic acids is 2. The lowest BCUT2D eigenvalue weighted by molar-refractivity contribution is -0.115. The van der Waals surface area contributed by atoms with Crippen LogP contribution in [0.3, 0.4) is 0 Å². The highest BCUT2D eigenvalue weighted by molar-refractivity contribution is 6.03. The molecular formula is C28H31N5O2. The molecule has 0 atom stereocenters. The number of urea groups is 1. The van der Waals surface area contributed by atoms with Crippen LogP contribution in [-0.4, -0.2) is 28.3 Å². The number of carbonyl (C=O) groups is 2. The van der Waals surface area contributed by atoms with Gasteiger partial charge in [-0.2, -0.15) is 5.10 Å². The molecule has 180 valence electrons. The van der Waals surface area contributed by atoms with E-state index in [1.807, 2.05) is 74.5 Å². The molecule has 0 bridgehead atoms. The maximum absolute atomic E-state index is 12.8. The van der Waals surface area contributed by atoms with Crippen molar-refractivity contribution in [2.24, 2.45) is 0 Å². The van der Waals surface area contributed by atoms with Crippen molar-refractivity contribution in [3.8, 4) is 5.69 Å². The Labute approximate surface area is 205 Å². The molecule has 7 nitrogen and oxygen atoms in total. The van der Waals surface area contributed by atoms with Crippen LogP contribution in [0, 0.1) is 13.8 Å². The third-order valence-corrected chi connectivity index (χ3v) is 5.77. The first-order valence-corrected chi connectivity index (χ1v) is 11.6. The summed E-state index contributed by atoms with van der Waals surface area (Å²) in [4.78, 5) is 25.3. The van der Waals surface area contributed by atoms with Crippen LogP contribution < -0.4 is 16.0 Å². The average Bonchev–Trinajstić information content (AvgIpc) is 3.22. The molecule has 3 aromatic carbocycles. The van der Waals surface area contributed by atoms with Crippen molar-refractivity contribution in [2.75, 3.05) is 17.2 Å². The highest BCUT2D eigenvalue weighted by atomic mass is 16.2. The lowest BCUT2D eigenvalue weighted by Gasteiger charge is -2.14. The predicted octanol–water partition coefficient (Wildman–Crippen LogP) is 5.70. The highest BCUT2D eigenvalue weighted by Gasteiger charge is 2.22. The van der Waals surface area contributed by atoms with E-state index in [9.17, 15) is 9.59 Å². The first-order chi connectivity index (χ1) is 16.6. The van der Waals surface area contributed by atoms with Crippen molar-refractivity contribution in [3.63, 3.8) is 0 Å². The van der Waals surface area contributed by atoms with E-state index in [1.165, 1.54) is 0 Å². The molecule has 4 aromatic rings. The lowest BCUT2D eigenvalue weighted by Crippen LogP contribution is -2.36. The molecule has 0 saturated heterocycles. The molecule has 4 rings (SSSR count). The maximum atomic E-state index is 12.8. The molecule has 1 aromatic heterocycles. The number of nitrogens with one attached hydrogen (secondary N) is 3. The minimum Gasteiger partial charge on any atom is -0.329 e. The average molecular weight is 470 g/mol. The SMILES string of the molecule is Cc1ccc(-n2nc(C(C)(C)C)cc2NC(=O)CNC(=O)Nc2cccc3ccccc23)c(C)c1. The summed E-state index contributed by atoms with van der Waals surface area (Å²) in [6, 6.07) is 21.0. The van der Waals surface area contributed by atoms with Crippen LogP contribution in [0.5, 0.6) is 0 Å². The van der Waals surface area contributed by atoms with Crippen LogP contribution in [-0.2, 0) is 10.2 Å². The van der Waals surface area contributed by atoms with Gasteiger partial charge in [0.05, 0.1) is 23.6 Å². The largest absolute Gasteiger partial charge is 0.329 e. The second-order valence-electron chi connectivity index (χ2n) is 9.75. The van der Waals surface area contributed by atoms with Gasteiger partial charge in [0.15, 0.2) is 0 Å². The van der Waals surface area contributed by atoms with Gasteiger partial charge in [-0.1, -0.05) is 74.9 Å². The standard InChI is InChI=1S/C28H31N5O2/c1-18-13-14-23(19(2)15-18)33-25(16-24(32-33)28(3,4)5)31-26(34)17-29-27(35)30-22-12-8-10-20-9-6-7-11-21(20)22/h6-16H,17H2,1-5H3,(H,31,34)(H2,29,30,35). The van der Waals surface area contributed by atoms with Crippen LogP contribution in [0.1, 0.15) is 37.6 Å². The van der Waals surface area contributed by atoms with Gasteiger partial charge in [-0.3, -0.25) is 4.79 Å². The van der Waals surface area contributed by atoms with E-state index >= 15 is 0 Å². The highest BCUT2D eigenvalue weighted by Crippen LogP contribution is 2.28. The predicted molar refractivity (Wildman–Crippen MR) is 141 cm³/mol. The number of aromatic nitrogens is 2. The number of amides is 3. The Bertz CT molecular complexity index is 1390. The van der Waals surface area contributed by atoms with Crippen molar-refractivity contribution >= 4 is 34.2 Å². The fourth-order valence-electron chi connectivity index (χ4n) is 3.91. The second-order valence-corrected chi connectivity index (χ2v) is 9.75. The van der Waals surface area contributed by atoms with Gasteiger partial charge in [0.25, 0.3) is 0 Å². The minimum absolute atomic E-state index is 0.181. The summed E-state index contributed by atoms with van der Waals surface area (Å²) < 4.78 is 1.75. The Morgan fingerprint density at radius 2 is 1.66 bits per heavy atom. The Hall–Kier alpha value is -4.13. The van der Waals surface area contributed by atoms with Crippen molar-refractivity contribution < 1.29 is 9.59 Å². The van der Waals surface area contributed by atoms with Crippen molar-refractivity contribution in [1.29, 1.82) is 0 Å². The second kappa shape index (κ2) is 9.62.